The number of pyridine rings is 2. The van der Waals surface area contributed by atoms with Gasteiger partial charge < -0.3 is 4.90 Å². The molecule has 3 amide bonds. The molecule has 0 spiro atoms. The summed E-state index contributed by atoms with van der Waals surface area (Å²) in [6, 6.07) is 5.37. The molecule has 2 atom stereocenters. The van der Waals surface area contributed by atoms with Gasteiger partial charge in [-0.25, -0.2) is 8.78 Å². The van der Waals surface area contributed by atoms with Crippen LogP contribution in [0.1, 0.15) is 40.3 Å². The first-order valence-electron chi connectivity index (χ1n) is 11.8. The number of carbonyl (C=O) groups excluding carboxylic acids is 3. The van der Waals surface area contributed by atoms with Crippen molar-refractivity contribution in [1.82, 2.24) is 19.8 Å². The van der Waals surface area contributed by atoms with Crippen molar-refractivity contribution in [1.29, 1.82) is 0 Å². The summed E-state index contributed by atoms with van der Waals surface area (Å²) in [5, 5.41) is 0. The summed E-state index contributed by atoms with van der Waals surface area (Å²) in [7, 11) is 0. The zero-order valence-electron chi connectivity index (χ0n) is 20.7. The lowest BCUT2D eigenvalue weighted by molar-refractivity contribution is -0.143. The van der Waals surface area contributed by atoms with Crippen molar-refractivity contribution in [2.24, 2.45) is 17.3 Å². The Morgan fingerprint density at radius 1 is 1.14 bits per heavy atom. The second-order valence-electron chi connectivity index (χ2n) is 10.6. The lowest BCUT2D eigenvalue weighted by Gasteiger charge is -2.39. The van der Waals surface area contributed by atoms with Gasteiger partial charge in [0.2, 0.25) is 11.8 Å². The van der Waals surface area contributed by atoms with E-state index in [1.807, 2.05) is 26.8 Å². The van der Waals surface area contributed by atoms with Gasteiger partial charge in [0, 0.05) is 22.3 Å². The van der Waals surface area contributed by atoms with E-state index >= 15 is 0 Å². The minimum Gasteiger partial charge on any atom is -0.326 e. The van der Waals surface area contributed by atoms with Gasteiger partial charge >= 0.3 is 0 Å². The summed E-state index contributed by atoms with van der Waals surface area (Å²) in [5.41, 5.74) is 3.14. The maximum absolute atomic E-state index is 13.5. The number of imide groups is 1. The van der Waals surface area contributed by atoms with Crippen LogP contribution in [-0.2, 0) is 16.1 Å². The van der Waals surface area contributed by atoms with E-state index in [4.69, 9.17) is 0 Å². The van der Waals surface area contributed by atoms with Crippen LogP contribution in [0.15, 0.2) is 24.4 Å². The van der Waals surface area contributed by atoms with Crippen LogP contribution in [0.2, 0.25) is 0 Å². The molecule has 2 aliphatic heterocycles. The Hall–Kier alpha value is -2.98. The molecule has 0 aromatic carbocycles. The van der Waals surface area contributed by atoms with Gasteiger partial charge in [0.25, 0.3) is 11.8 Å². The molecular formula is C26H25ClF2N4O3S. The third-order valence-electron chi connectivity index (χ3n) is 7.61. The van der Waals surface area contributed by atoms with Gasteiger partial charge in [-0.15, -0.1) is 23.7 Å². The van der Waals surface area contributed by atoms with E-state index in [1.54, 1.807) is 25.3 Å². The second-order valence-corrected chi connectivity index (χ2v) is 11.8. The Labute approximate surface area is 222 Å². The van der Waals surface area contributed by atoms with E-state index in [9.17, 15) is 23.2 Å². The van der Waals surface area contributed by atoms with Crippen molar-refractivity contribution in [3.05, 3.63) is 46.1 Å². The molecule has 37 heavy (non-hydrogen) atoms. The number of hydrogen-bond acceptors (Lipinski definition) is 6. The highest BCUT2D eigenvalue weighted by molar-refractivity contribution is 7.19. The van der Waals surface area contributed by atoms with Crippen LogP contribution in [0.4, 0.5) is 8.78 Å². The fraction of sp³-hybridized carbons (Fsp3) is 0.423. The fourth-order valence-electron chi connectivity index (χ4n) is 5.68. The third-order valence-corrected chi connectivity index (χ3v) is 8.76. The number of aryl methyl sites for hydroxylation is 2. The number of fused-ring (bicyclic) bond motifs is 2. The van der Waals surface area contributed by atoms with Gasteiger partial charge in [-0.3, -0.25) is 29.3 Å². The maximum Gasteiger partial charge on any atom is 0.282 e. The SMILES string of the molecule is Cc1cc(C)c(C(=O)N2CC(F)(F)C2)c(-c2ccnc3cc(CN4C(=O)C5C(C4=O)C5(C)C)sc23)n1.Cl. The van der Waals surface area contributed by atoms with Crippen molar-refractivity contribution in [2.75, 3.05) is 13.1 Å². The Kier molecular flexibility index (Phi) is 5.73. The minimum absolute atomic E-state index is 0. The van der Waals surface area contributed by atoms with Gasteiger partial charge in [0.05, 0.1) is 52.9 Å². The monoisotopic (exact) mass is 546 g/mol. The molecule has 1 aliphatic carbocycles. The number of hydrogen-bond donors (Lipinski definition) is 0. The quantitative estimate of drug-likeness (QED) is 0.446. The molecular weight excluding hydrogens is 522 g/mol. The normalized spacial score (nSPS) is 23.1. The van der Waals surface area contributed by atoms with Crippen LogP contribution in [0, 0.1) is 31.1 Å². The third kappa shape index (κ3) is 3.84. The standard InChI is InChI=1S/C26H24F2N4O3S.ClH/c1-12-7-13(2)30-20(17(12)22(33)31-10-26(27,28)11-31)15-5-6-29-16-8-14(36-21(15)16)9-32-23(34)18-19(24(32)35)25(18,3)4;/h5-8,18-19H,9-11H2,1-4H3;1H. The fourth-order valence-corrected chi connectivity index (χ4v) is 6.80. The number of halogens is 3. The molecule has 2 unspecified atom stereocenters. The van der Waals surface area contributed by atoms with Crippen LogP contribution in [-0.4, -0.2) is 56.5 Å². The zero-order valence-corrected chi connectivity index (χ0v) is 22.3. The van der Waals surface area contributed by atoms with Crippen LogP contribution in [0.25, 0.3) is 21.5 Å². The Bertz CT molecular complexity index is 1470. The molecule has 3 aromatic heterocycles. The molecule has 1 saturated carbocycles. The number of aromatic nitrogens is 2. The molecule has 7 nitrogen and oxygen atoms in total. The van der Waals surface area contributed by atoms with E-state index in [0.29, 0.717) is 33.6 Å². The summed E-state index contributed by atoms with van der Waals surface area (Å²) >= 11 is 1.39. The summed E-state index contributed by atoms with van der Waals surface area (Å²) in [4.78, 5) is 51.2. The summed E-state index contributed by atoms with van der Waals surface area (Å²) in [6.07, 6.45) is 1.61. The molecule has 0 N–H and O–H groups in total. The Balaban J connectivity index is 0.00000280. The Morgan fingerprint density at radius 3 is 2.41 bits per heavy atom. The first-order chi connectivity index (χ1) is 16.9. The van der Waals surface area contributed by atoms with Crippen LogP contribution >= 0.6 is 23.7 Å². The van der Waals surface area contributed by atoms with E-state index in [-0.39, 0.29) is 48.0 Å². The molecule has 5 heterocycles. The largest absolute Gasteiger partial charge is 0.326 e. The molecule has 0 radical (unpaired) electrons. The zero-order chi connectivity index (χ0) is 25.7. The van der Waals surface area contributed by atoms with Crippen molar-refractivity contribution in [3.63, 3.8) is 0 Å². The highest BCUT2D eigenvalue weighted by atomic mass is 35.5. The summed E-state index contributed by atoms with van der Waals surface area (Å²) in [6.45, 7) is 6.45. The van der Waals surface area contributed by atoms with Crippen LogP contribution < -0.4 is 0 Å². The number of amides is 3. The lowest BCUT2D eigenvalue weighted by atomic mass is 9.98. The molecule has 0 bridgehead atoms. The number of likely N-dealkylation sites (tertiary alicyclic amines) is 2. The van der Waals surface area contributed by atoms with Crippen LogP contribution in [0.3, 0.4) is 0 Å². The molecule has 3 aromatic rings. The number of carbonyl (C=O) groups is 3. The molecule has 6 rings (SSSR count). The van der Waals surface area contributed by atoms with E-state index in [0.717, 1.165) is 14.5 Å². The van der Waals surface area contributed by atoms with Gasteiger partial charge in [0.1, 0.15) is 0 Å². The molecule has 3 aliphatic rings. The van der Waals surface area contributed by atoms with E-state index < -0.39 is 24.9 Å². The number of piperidine rings is 1. The smallest absolute Gasteiger partial charge is 0.282 e. The summed E-state index contributed by atoms with van der Waals surface area (Å²) < 4.78 is 27.7. The van der Waals surface area contributed by atoms with Crippen molar-refractivity contribution >= 4 is 51.7 Å². The first kappa shape index (κ1) is 25.7. The predicted octanol–water partition coefficient (Wildman–Crippen LogP) is 4.63. The van der Waals surface area contributed by atoms with Gasteiger partial charge in [-0.2, -0.15) is 0 Å². The average molecular weight is 547 g/mol. The number of rotatable bonds is 4. The van der Waals surface area contributed by atoms with Crippen molar-refractivity contribution in [2.45, 2.75) is 40.2 Å². The van der Waals surface area contributed by atoms with Gasteiger partial charge in [0.15, 0.2) is 0 Å². The molecule has 194 valence electrons. The first-order valence-corrected chi connectivity index (χ1v) is 12.6. The van der Waals surface area contributed by atoms with Gasteiger partial charge in [-0.1, -0.05) is 13.8 Å². The number of thiophene rings is 1. The number of nitrogens with zero attached hydrogens (tertiary/aromatic N) is 4. The summed E-state index contributed by atoms with van der Waals surface area (Å²) in [5.74, 6) is -4.08. The van der Waals surface area contributed by atoms with E-state index in [2.05, 4.69) is 9.97 Å². The lowest BCUT2D eigenvalue weighted by Crippen LogP contribution is -2.58. The van der Waals surface area contributed by atoms with Crippen molar-refractivity contribution < 1.29 is 23.2 Å². The van der Waals surface area contributed by atoms with Gasteiger partial charge in [-0.05, 0) is 43.0 Å². The Morgan fingerprint density at radius 2 is 1.78 bits per heavy atom. The molecule has 2 saturated heterocycles. The predicted molar refractivity (Wildman–Crippen MR) is 137 cm³/mol. The minimum atomic E-state index is -2.87. The molecule has 11 heteroatoms. The average Bonchev–Trinajstić information content (AvgIpc) is 3.02. The second kappa shape index (κ2) is 8.26. The maximum atomic E-state index is 13.5. The topological polar surface area (TPSA) is 83.5 Å². The molecule has 3 fully saturated rings. The van der Waals surface area contributed by atoms with E-state index in [1.165, 1.54) is 16.2 Å². The highest BCUT2D eigenvalue weighted by Gasteiger charge is 2.72. The van der Waals surface area contributed by atoms with Crippen LogP contribution in [0.5, 0.6) is 0 Å². The number of alkyl halides is 2. The highest BCUT2D eigenvalue weighted by Crippen LogP contribution is 2.63. The van der Waals surface area contributed by atoms with Crippen molar-refractivity contribution in [3.8, 4) is 11.3 Å².